The number of carbonyl (C=O) groups excluding carboxylic acids is 3. The van der Waals surface area contributed by atoms with Gasteiger partial charge in [0.25, 0.3) is 5.91 Å². The highest BCUT2D eigenvalue weighted by molar-refractivity contribution is 6.05. The Morgan fingerprint density at radius 1 is 0.945 bits per heavy atom. The molecule has 3 atom stereocenters. The molecule has 10 heteroatoms. The van der Waals surface area contributed by atoms with Gasteiger partial charge in [0.15, 0.2) is 0 Å². The molecule has 8 rings (SSSR count). The third kappa shape index (κ3) is 7.62. The fraction of sp³-hybridized carbons (Fsp3) is 0.356. The lowest BCUT2D eigenvalue weighted by Gasteiger charge is -2.36. The number of anilines is 1. The number of aromatic hydroxyl groups is 1. The summed E-state index contributed by atoms with van der Waals surface area (Å²) in [6.45, 7) is 4.47. The SMILES string of the molecule is COc1cccc([C@H]2COc3cc(O)ccc3[C@H]2c2ccc(N3CCC(CN(C)CC#Cc4ccc5c(c4)CN(C4CCC(=O)NC4=O)C5=O)CC3)cc2)c1. The van der Waals surface area contributed by atoms with E-state index in [4.69, 9.17) is 9.47 Å². The molecule has 0 radical (unpaired) electrons. The molecular formula is C45H46N4O6. The van der Waals surface area contributed by atoms with Gasteiger partial charge in [0.2, 0.25) is 11.8 Å². The van der Waals surface area contributed by atoms with Crippen molar-refractivity contribution >= 4 is 23.4 Å². The molecule has 0 saturated carbocycles. The van der Waals surface area contributed by atoms with Gasteiger partial charge in [-0.2, -0.15) is 0 Å². The molecule has 0 bridgehead atoms. The van der Waals surface area contributed by atoms with Crippen LogP contribution in [-0.4, -0.2) is 85.6 Å². The molecule has 4 heterocycles. The number of piperidine rings is 2. The van der Waals surface area contributed by atoms with Crippen LogP contribution in [0.25, 0.3) is 0 Å². The van der Waals surface area contributed by atoms with Gasteiger partial charge in [0.1, 0.15) is 23.3 Å². The van der Waals surface area contributed by atoms with Crippen molar-refractivity contribution in [2.75, 3.05) is 51.8 Å². The van der Waals surface area contributed by atoms with Crippen molar-refractivity contribution in [2.45, 2.75) is 50.1 Å². The normalized spacial score (nSPS) is 21.0. The summed E-state index contributed by atoms with van der Waals surface area (Å²) in [5, 5.41) is 12.5. The fourth-order valence-corrected chi connectivity index (χ4v) is 8.67. The number of methoxy groups -OCH3 is 1. The minimum absolute atomic E-state index is 0.0668. The molecule has 4 aliphatic rings. The van der Waals surface area contributed by atoms with Crippen LogP contribution in [0.15, 0.2) is 84.9 Å². The van der Waals surface area contributed by atoms with Crippen LogP contribution in [0.3, 0.4) is 0 Å². The summed E-state index contributed by atoms with van der Waals surface area (Å²) in [7, 11) is 3.81. The first-order valence-electron chi connectivity index (χ1n) is 19.1. The van der Waals surface area contributed by atoms with Gasteiger partial charge < -0.3 is 24.4 Å². The van der Waals surface area contributed by atoms with E-state index in [2.05, 4.69) is 70.4 Å². The first-order valence-corrected chi connectivity index (χ1v) is 19.1. The maximum Gasteiger partial charge on any atom is 0.255 e. The van der Waals surface area contributed by atoms with Gasteiger partial charge in [-0.3, -0.25) is 24.6 Å². The quantitative estimate of drug-likeness (QED) is 0.176. The van der Waals surface area contributed by atoms with E-state index in [9.17, 15) is 19.5 Å². The molecular weight excluding hydrogens is 693 g/mol. The zero-order chi connectivity index (χ0) is 38.1. The molecule has 3 amide bonds. The number of benzene rings is 4. The van der Waals surface area contributed by atoms with Gasteiger partial charge >= 0.3 is 0 Å². The molecule has 0 aromatic heterocycles. The number of phenols is 1. The minimum atomic E-state index is -0.620. The number of hydrogen-bond acceptors (Lipinski definition) is 8. The molecule has 282 valence electrons. The number of carbonyl (C=O) groups is 3. The van der Waals surface area contributed by atoms with E-state index < -0.39 is 11.9 Å². The second-order valence-electron chi connectivity index (χ2n) is 15.2. The highest BCUT2D eigenvalue weighted by Gasteiger charge is 2.39. The Morgan fingerprint density at radius 2 is 1.76 bits per heavy atom. The molecule has 55 heavy (non-hydrogen) atoms. The van der Waals surface area contributed by atoms with Crippen molar-refractivity contribution < 1.29 is 29.0 Å². The lowest BCUT2D eigenvalue weighted by Crippen LogP contribution is -2.52. The summed E-state index contributed by atoms with van der Waals surface area (Å²) >= 11 is 0. The Morgan fingerprint density at radius 3 is 2.55 bits per heavy atom. The van der Waals surface area contributed by atoms with Crippen molar-refractivity contribution in [3.8, 4) is 29.1 Å². The van der Waals surface area contributed by atoms with E-state index in [-0.39, 0.29) is 35.8 Å². The van der Waals surface area contributed by atoms with Crippen molar-refractivity contribution in [3.05, 3.63) is 118 Å². The van der Waals surface area contributed by atoms with Crippen LogP contribution in [0.2, 0.25) is 0 Å². The van der Waals surface area contributed by atoms with E-state index in [0.29, 0.717) is 37.6 Å². The van der Waals surface area contributed by atoms with E-state index in [1.54, 1.807) is 30.2 Å². The summed E-state index contributed by atoms with van der Waals surface area (Å²) < 4.78 is 11.7. The molecule has 4 aromatic carbocycles. The Bertz CT molecular complexity index is 2170. The highest BCUT2D eigenvalue weighted by Crippen LogP contribution is 2.47. The van der Waals surface area contributed by atoms with Crippen LogP contribution < -0.4 is 19.7 Å². The predicted octanol–water partition coefficient (Wildman–Crippen LogP) is 5.67. The number of amides is 3. The zero-order valence-corrected chi connectivity index (χ0v) is 31.3. The van der Waals surface area contributed by atoms with Gasteiger partial charge in [0, 0.05) is 72.9 Å². The first kappa shape index (κ1) is 36.2. The maximum atomic E-state index is 13.0. The number of hydrogen-bond donors (Lipinski definition) is 2. The second-order valence-corrected chi connectivity index (χ2v) is 15.2. The fourth-order valence-electron chi connectivity index (χ4n) is 8.67. The van der Waals surface area contributed by atoms with Crippen LogP contribution in [0.5, 0.6) is 17.2 Å². The smallest absolute Gasteiger partial charge is 0.255 e. The van der Waals surface area contributed by atoms with Crippen molar-refractivity contribution in [1.29, 1.82) is 0 Å². The van der Waals surface area contributed by atoms with Gasteiger partial charge in [-0.25, -0.2) is 0 Å². The van der Waals surface area contributed by atoms with E-state index in [1.165, 1.54) is 11.3 Å². The van der Waals surface area contributed by atoms with Crippen LogP contribution >= 0.6 is 0 Å². The topological polar surface area (TPSA) is 112 Å². The summed E-state index contributed by atoms with van der Waals surface area (Å²) in [5.41, 5.74) is 6.98. The average Bonchev–Trinajstić information content (AvgIpc) is 3.52. The van der Waals surface area contributed by atoms with Crippen LogP contribution in [0.4, 0.5) is 5.69 Å². The van der Waals surface area contributed by atoms with E-state index >= 15 is 0 Å². The standard InChI is InChI=1S/C45H46N4O6/c1-47(20-4-5-29-8-14-37-33(23-29)27-49(45(37)53)40-16-17-42(51)46-44(40)52)26-30-18-21-48(22-19-30)34-11-9-31(10-12-34)43-38-15-13-35(50)25-41(38)55-28-39(43)32-6-3-7-36(24-32)54-2/h3,6-15,23-25,30,39-40,43,50H,16-22,26-28H2,1-2H3,(H,46,51,52)/t39-,40?,43-/m1/s1. The van der Waals surface area contributed by atoms with Gasteiger partial charge in [0.05, 0.1) is 20.3 Å². The largest absolute Gasteiger partial charge is 0.508 e. The third-order valence-corrected chi connectivity index (χ3v) is 11.6. The van der Waals surface area contributed by atoms with Crippen molar-refractivity contribution in [3.63, 3.8) is 0 Å². The summed E-state index contributed by atoms with van der Waals surface area (Å²) in [4.78, 5) is 43.3. The number of nitrogens with zero attached hydrogens (tertiary/aromatic N) is 3. The number of nitrogens with one attached hydrogen (secondary N) is 1. The van der Waals surface area contributed by atoms with Crippen molar-refractivity contribution in [2.24, 2.45) is 5.92 Å². The lowest BCUT2D eigenvalue weighted by molar-refractivity contribution is -0.136. The zero-order valence-electron chi connectivity index (χ0n) is 31.3. The number of fused-ring (bicyclic) bond motifs is 2. The van der Waals surface area contributed by atoms with E-state index in [1.807, 2.05) is 30.3 Å². The maximum absolute atomic E-state index is 13.0. The molecule has 0 spiro atoms. The molecule has 10 nitrogen and oxygen atoms in total. The van der Waals surface area contributed by atoms with Crippen LogP contribution in [0, 0.1) is 17.8 Å². The van der Waals surface area contributed by atoms with Gasteiger partial charge in [-0.15, -0.1) is 0 Å². The summed E-state index contributed by atoms with van der Waals surface area (Å²) in [5.74, 6) is 8.22. The molecule has 0 aliphatic carbocycles. The summed E-state index contributed by atoms with van der Waals surface area (Å²) in [6, 6.07) is 27.6. The van der Waals surface area contributed by atoms with Crippen molar-refractivity contribution in [1.82, 2.24) is 15.1 Å². The third-order valence-electron chi connectivity index (χ3n) is 11.6. The Balaban J connectivity index is 0.856. The Hall–Kier alpha value is -5.79. The van der Waals surface area contributed by atoms with Gasteiger partial charge in [-0.05, 0) is 97.4 Å². The van der Waals surface area contributed by atoms with Gasteiger partial charge in [-0.1, -0.05) is 42.2 Å². The minimum Gasteiger partial charge on any atom is -0.508 e. The molecule has 4 aliphatic heterocycles. The monoisotopic (exact) mass is 738 g/mol. The molecule has 2 fully saturated rings. The number of rotatable bonds is 8. The van der Waals surface area contributed by atoms with Crippen LogP contribution in [0.1, 0.15) is 75.7 Å². The molecule has 2 N–H and O–H groups in total. The van der Waals surface area contributed by atoms with Crippen LogP contribution in [-0.2, 0) is 16.1 Å². The lowest BCUT2D eigenvalue weighted by atomic mass is 9.76. The van der Waals surface area contributed by atoms with E-state index in [0.717, 1.165) is 66.2 Å². The Labute approximate surface area is 322 Å². The molecule has 2 saturated heterocycles. The number of ether oxygens (including phenoxy) is 2. The predicted molar refractivity (Wildman–Crippen MR) is 209 cm³/mol. The highest BCUT2D eigenvalue weighted by atomic mass is 16.5. The Kier molecular flexibility index (Phi) is 10.2. The first-order chi connectivity index (χ1) is 26.7. The molecule has 1 unspecified atom stereocenters. The average molecular weight is 739 g/mol. The number of phenolic OH excluding ortho intramolecular Hbond substituents is 1. The molecule has 4 aromatic rings. The second kappa shape index (κ2) is 15.5. The summed E-state index contributed by atoms with van der Waals surface area (Å²) in [6.07, 6.45) is 2.80. The number of imide groups is 1.